The highest BCUT2D eigenvalue weighted by Crippen LogP contribution is 2.22. The van der Waals surface area contributed by atoms with Gasteiger partial charge >= 0.3 is 6.09 Å². The summed E-state index contributed by atoms with van der Waals surface area (Å²) < 4.78 is 51.1. The third-order valence-electron chi connectivity index (χ3n) is 4.64. The van der Waals surface area contributed by atoms with Crippen molar-refractivity contribution in [3.63, 3.8) is 0 Å². The molecular formula is C20H30FN3O6S. The number of benzene rings is 1. The smallest absolute Gasteiger partial charge is 0.407 e. The van der Waals surface area contributed by atoms with Gasteiger partial charge in [-0.15, -0.1) is 0 Å². The van der Waals surface area contributed by atoms with Gasteiger partial charge in [-0.3, -0.25) is 4.79 Å². The fraction of sp³-hybridized carbons (Fsp3) is 0.600. The van der Waals surface area contributed by atoms with Crippen LogP contribution in [-0.4, -0.2) is 70.2 Å². The van der Waals surface area contributed by atoms with Crippen LogP contribution in [-0.2, 0) is 19.5 Å². The minimum atomic E-state index is -4.09. The molecule has 1 aliphatic rings. The average Bonchev–Trinajstić information content (AvgIpc) is 2.72. The zero-order valence-corrected chi connectivity index (χ0v) is 18.8. The minimum Gasteiger partial charge on any atom is -0.450 e. The van der Waals surface area contributed by atoms with E-state index in [1.165, 1.54) is 6.07 Å². The first-order chi connectivity index (χ1) is 14.6. The summed E-state index contributed by atoms with van der Waals surface area (Å²) >= 11 is 0. The number of alkyl carbamates (subject to hydrolysis) is 1. The molecule has 1 atom stereocenters. The van der Waals surface area contributed by atoms with Gasteiger partial charge in [-0.1, -0.05) is 13.8 Å². The van der Waals surface area contributed by atoms with Gasteiger partial charge in [0.05, 0.1) is 19.8 Å². The predicted octanol–water partition coefficient (Wildman–Crippen LogP) is 1.74. The summed E-state index contributed by atoms with van der Waals surface area (Å²) in [5.41, 5.74) is 0.00710. The zero-order valence-electron chi connectivity index (χ0n) is 18.0. The maximum atomic E-state index is 14.3. The van der Waals surface area contributed by atoms with Gasteiger partial charge in [0.1, 0.15) is 10.7 Å². The molecule has 174 valence electrons. The molecule has 0 aromatic heterocycles. The van der Waals surface area contributed by atoms with Gasteiger partial charge in [-0.25, -0.2) is 17.6 Å². The van der Waals surface area contributed by atoms with Crippen molar-refractivity contribution in [3.05, 3.63) is 29.6 Å². The second kappa shape index (κ2) is 11.4. The van der Waals surface area contributed by atoms with Crippen LogP contribution in [0.5, 0.6) is 0 Å². The lowest BCUT2D eigenvalue weighted by Gasteiger charge is -2.26. The van der Waals surface area contributed by atoms with Gasteiger partial charge in [0.2, 0.25) is 10.0 Å². The third kappa shape index (κ3) is 7.15. The summed E-state index contributed by atoms with van der Waals surface area (Å²) in [5.74, 6) is -1.25. The van der Waals surface area contributed by atoms with Gasteiger partial charge < -0.3 is 20.1 Å². The Morgan fingerprint density at radius 2 is 1.94 bits per heavy atom. The summed E-state index contributed by atoms with van der Waals surface area (Å²) in [7, 11) is -4.09. The lowest BCUT2D eigenvalue weighted by Crippen LogP contribution is -2.44. The van der Waals surface area contributed by atoms with Gasteiger partial charge in [0.25, 0.3) is 5.91 Å². The molecule has 0 spiro atoms. The summed E-state index contributed by atoms with van der Waals surface area (Å²) in [6, 6.07) is 2.84. The molecule has 2 amide bonds. The number of sulfonamides is 1. The Morgan fingerprint density at radius 3 is 2.55 bits per heavy atom. The van der Waals surface area contributed by atoms with Crippen molar-refractivity contribution in [2.75, 3.05) is 39.5 Å². The molecule has 0 saturated carbocycles. The highest BCUT2D eigenvalue weighted by molar-refractivity contribution is 7.89. The lowest BCUT2D eigenvalue weighted by atomic mass is 10.0. The van der Waals surface area contributed by atoms with Crippen LogP contribution in [0.3, 0.4) is 0 Å². The third-order valence-corrected chi connectivity index (χ3v) is 6.56. The molecule has 0 radical (unpaired) electrons. The fourth-order valence-corrected chi connectivity index (χ4v) is 4.69. The number of halogens is 1. The van der Waals surface area contributed by atoms with Gasteiger partial charge in [0, 0.05) is 31.2 Å². The molecule has 1 unspecified atom stereocenters. The van der Waals surface area contributed by atoms with Crippen molar-refractivity contribution >= 4 is 22.0 Å². The average molecular weight is 460 g/mol. The number of ether oxygens (including phenoxy) is 2. The Labute approximate surface area is 182 Å². The molecule has 0 bridgehead atoms. The van der Waals surface area contributed by atoms with E-state index in [1.54, 1.807) is 6.92 Å². The van der Waals surface area contributed by atoms with Crippen LogP contribution in [0.1, 0.15) is 37.6 Å². The number of hydrogen-bond donors (Lipinski definition) is 2. The van der Waals surface area contributed by atoms with E-state index in [4.69, 9.17) is 9.47 Å². The van der Waals surface area contributed by atoms with E-state index in [-0.39, 0.29) is 57.0 Å². The van der Waals surface area contributed by atoms with Crippen molar-refractivity contribution < 1.29 is 31.9 Å². The van der Waals surface area contributed by atoms with Crippen molar-refractivity contribution in [1.29, 1.82) is 0 Å². The summed E-state index contributed by atoms with van der Waals surface area (Å²) in [5, 5.41) is 5.36. The van der Waals surface area contributed by atoms with Crippen molar-refractivity contribution in [3.8, 4) is 0 Å². The number of rotatable bonds is 9. The molecule has 1 aliphatic heterocycles. The largest absolute Gasteiger partial charge is 0.450 e. The summed E-state index contributed by atoms with van der Waals surface area (Å²) in [6.07, 6.45) is 0.0159. The minimum absolute atomic E-state index is 0.00710. The molecule has 31 heavy (non-hydrogen) atoms. The van der Waals surface area contributed by atoms with Crippen LogP contribution in [0.2, 0.25) is 0 Å². The monoisotopic (exact) mass is 459 g/mol. The fourth-order valence-electron chi connectivity index (χ4n) is 3.19. The van der Waals surface area contributed by atoms with Gasteiger partial charge in [-0.05, 0) is 37.5 Å². The molecule has 2 rings (SSSR count). The first kappa shape index (κ1) is 25.0. The van der Waals surface area contributed by atoms with Gasteiger partial charge in [-0.2, -0.15) is 4.31 Å². The quantitative estimate of drug-likeness (QED) is 0.581. The van der Waals surface area contributed by atoms with Crippen molar-refractivity contribution in [2.45, 2.75) is 38.1 Å². The van der Waals surface area contributed by atoms with Gasteiger partial charge in [0.15, 0.2) is 0 Å². The van der Waals surface area contributed by atoms with E-state index < -0.39 is 32.7 Å². The predicted molar refractivity (Wildman–Crippen MR) is 112 cm³/mol. The molecule has 0 aliphatic carbocycles. The highest BCUT2D eigenvalue weighted by atomic mass is 32.2. The van der Waals surface area contributed by atoms with E-state index in [9.17, 15) is 22.4 Å². The molecule has 2 N–H and O–H groups in total. The van der Waals surface area contributed by atoms with Crippen molar-refractivity contribution in [1.82, 2.24) is 14.9 Å². The normalized spacial score (nSPS) is 16.0. The summed E-state index contributed by atoms with van der Waals surface area (Å²) in [6.45, 7) is 6.67. The van der Waals surface area contributed by atoms with Crippen molar-refractivity contribution in [2.24, 2.45) is 5.92 Å². The SMILES string of the molecule is CCOC(=O)NC(CNC(=O)c1ccc(F)c(S(=O)(=O)N2CCOCC2)c1)CC(C)C. The second-order valence-electron chi connectivity index (χ2n) is 7.56. The Balaban J connectivity index is 2.12. The van der Waals surface area contributed by atoms with Crippen LogP contribution in [0.25, 0.3) is 0 Å². The molecule has 1 aromatic rings. The number of carbonyl (C=O) groups is 2. The van der Waals surface area contributed by atoms with E-state index >= 15 is 0 Å². The first-order valence-electron chi connectivity index (χ1n) is 10.2. The standard InChI is InChI=1S/C20H30FN3O6S/c1-4-30-20(26)23-16(11-14(2)3)13-22-19(25)15-5-6-17(21)18(12-15)31(27,28)24-7-9-29-10-8-24/h5-6,12,14,16H,4,7-11,13H2,1-3H3,(H,22,25)(H,23,26). The maximum absolute atomic E-state index is 14.3. The van der Waals surface area contributed by atoms with E-state index in [1.807, 2.05) is 13.8 Å². The molecule has 1 aromatic carbocycles. The first-order valence-corrected chi connectivity index (χ1v) is 11.7. The zero-order chi connectivity index (χ0) is 23.0. The van der Waals surface area contributed by atoms with Crippen LogP contribution < -0.4 is 10.6 Å². The molecular weight excluding hydrogens is 429 g/mol. The number of nitrogens with zero attached hydrogens (tertiary/aromatic N) is 1. The van der Waals surface area contributed by atoms with E-state index in [0.717, 1.165) is 16.4 Å². The second-order valence-corrected chi connectivity index (χ2v) is 9.47. The Kier molecular flexibility index (Phi) is 9.20. The Morgan fingerprint density at radius 1 is 1.26 bits per heavy atom. The molecule has 11 heteroatoms. The number of morpholine rings is 1. The number of nitrogens with one attached hydrogen (secondary N) is 2. The molecule has 1 fully saturated rings. The molecule has 1 heterocycles. The Hall–Kier alpha value is -2.24. The number of hydrogen-bond acceptors (Lipinski definition) is 6. The number of carbonyl (C=O) groups excluding carboxylic acids is 2. The topological polar surface area (TPSA) is 114 Å². The van der Waals surface area contributed by atoms with E-state index in [0.29, 0.717) is 6.42 Å². The van der Waals surface area contributed by atoms with Crippen LogP contribution >= 0.6 is 0 Å². The molecule has 1 saturated heterocycles. The lowest BCUT2D eigenvalue weighted by molar-refractivity contribution is 0.0729. The summed E-state index contributed by atoms with van der Waals surface area (Å²) in [4.78, 5) is 23.8. The van der Waals surface area contributed by atoms with E-state index in [2.05, 4.69) is 10.6 Å². The maximum Gasteiger partial charge on any atom is 0.407 e. The number of amides is 2. The highest BCUT2D eigenvalue weighted by Gasteiger charge is 2.30. The Bertz CT molecular complexity index is 872. The van der Waals surface area contributed by atoms with Crippen LogP contribution in [0.4, 0.5) is 9.18 Å². The molecule has 9 nitrogen and oxygen atoms in total. The van der Waals surface area contributed by atoms with Crippen LogP contribution in [0, 0.1) is 11.7 Å². The van der Waals surface area contributed by atoms with Crippen LogP contribution in [0.15, 0.2) is 23.1 Å².